The highest BCUT2D eigenvalue weighted by Gasteiger charge is 2.16. The molecule has 2 rings (SSSR count). The van der Waals surface area contributed by atoms with Gasteiger partial charge < -0.3 is 14.4 Å². The van der Waals surface area contributed by atoms with E-state index < -0.39 is 6.03 Å². The lowest BCUT2D eigenvalue weighted by Gasteiger charge is -2.09. The lowest BCUT2D eigenvalue weighted by atomic mass is 10.3. The molecule has 0 radical (unpaired) electrons. The topological polar surface area (TPSA) is 106 Å². The van der Waals surface area contributed by atoms with Crippen LogP contribution in [-0.2, 0) is 0 Å². The van der Waals surface area contributed by atoms with E-state index in [2.05, 4.69) is 25.9 Å². The van der Waals surface area contributed by atoms with E-state index in [1.54, 1.807) is 26.8 Å². The van der Waals surface area contributed by atoms with Crippen LogP contribution in [0.3, 0.4) is 0 Å². The second kappa shape index (κ2) is 4.86. The highest BCUT2D eigenvalue weighted by Crippen LogP contribution is 2.10. The third-order valence-electron chi connectivity index (χ3n) is 2.13. The minimum atomic E-state index is -0.424. The molecule has 0 bridgehead atoms. The molecule has 0 aliphatic heterocycles. The number of rotatable bonds is 3. The molecular weight excluding hydrogens is 238 g/mol. The first-order valence-electron chi connectivity index (χ1n) is 5.35. The van der Waals surface area contributed by atoms with Crippen molar-refractivity contribution in [3.63, 3.8) is 0 Å². The normalized spacial score (nSPS) is 12.2. The van der Waals surface area contributed by atoms with Gasteiger partial charge in [-0.3, -0.25) is 5.32 Å². The summed E-state index contributed by atoms with van der Waals surface area (Å²) in [5.74, 6) is 1.83. The fourth-order valence-electron chi connectivity index (χ4n) is 1.33. The fraction of sp³-hybridized carbons (Fsp3) is 0.400. The first-order valence-corrected chi connectivity index (χ1v) is 5.35. The van der Waals surface area contributed by atoms with Gasteiger partial charge >= 0.3 is 6.03 Å². The molecule has 0 spiro atoms. The van der Waals surface area contributed by atoms with Gasteiger partial charge in [-0.2, -0.15) is 4.98 Å². The Morgan fingerprint density at radius 1 is 1.33 bits per heavy atom. The number of anilines is 1. The van der Waals surface area contributed by atoms with Crippen molar-refractivity contribution >= 4 is 11.8 Å². The van der Waals surface area contributed by atoms with E-state index in [4.69, 9.17) is 9.05 Å². The molecule has 2 amide bonds. The highest BCUT2D eigenvalue weighted by atomic mass is 16.5. The van der Waals surface area contributed by atoms with Crippen LogP contribution >= 0.6 is 0 Å². The van der Waals surface area contributed by atoms with Crippen molar-refractivity contribution in [3.05, 3.63) is 23.5 Å². The number of carbonyl (C=O) groups is 1. The first kappa shape index (κ1) is 12.1. The minimum Gasteiger partial charge on any atom is -0.360 e. The summed E-state index contributed by atoms with van der Waals surface area (Å²) in [5.41, 5.74) is 0. The third-order valence-corrected chi connectivity index (χ3v) is 2.13. The molecule has 0 saturated heterocycles. The zero-order chi connectivity index (χ0) is 13.1. The van der Waals surface area contributed by atoms with Gasteiger partial charge in [0.25, 0.3) is 0 Å². The highest BCUT2D eigenvalue weighted by molar-refractivity contribution is 5.88. The lowest BCUT2D eigenvalue weighted by molar-refractivity contribution is 0.245. The Morgan fingerprint density at radius 2 is 2.11 bits per heavy atom. The largest absolute Gasteiger partial charge is 0.360 e. The van der Waals surface area contributed by atoms with E-state index >= 15 is 0 Å². The number of hydrogen-bond donors (Lipinski definition) is 2. The molecule has 18 heavy (non-hydrogen) atoms. The standard InChI is InChI=1S/C10H13N5O3/c1-5-4-8(15-17-5)13-10(16)11-6(2)9-12-7(3)14-18-9/h4,6H,1-3H3,(H2,11,13,15,16)/t6-/m0/s1. The lowest BCUT2D eigenvalue weighted by Crippen LogP contribution is -2.31. The summed E-state index contributed by atoms with van der Waals surface area (Å²) in [6, 6.07) is 0.798. The van der Waals surface area contributed by atoms with Crippen LogP contribution in [0.15, 0.2) is 15.1 Å². The number of aromatic nitrogens is 3. The van der Waals surface area contributed by atoms with Gasteiger partial charge in [-0.05, 0) is 20.8 Å². The average Bonchev–Trinajstić information content (AvgIpc) is 2.87. The van der Waals surface area contributed by atoms with E-state index in [9.17, 15) is 4.79 Å². The summed E-state index contributed by atoms with van der Waals surface area (Å²) in [4.78, 5) is 15.6. The van der Waals surface area contributed by atoms with Crippen LogP contribution in [0.4, 0.5) is 10.6 Å². The quantitative estimate of drug-likeness (QED) is 0.857. The molecule has 96 valence electrons. The molecule has 2 N–H and O–H groups in total. The molecule has 2 aromatic heterocycles. The van der Waals surface area contributed by atoms with Gasteiger partial charge in [-0.25, -0.2) is 4.79 Å². The van der Waals surface area contributed by atoms with Crippen molar-refractivity contribution in [1.82, 2.24) is 20.6 Å². The molecule has 2 heterocycles. The summed E-state index contributed by atoms with van der Waals surface area (Å²) in [5, 5.41) is 12.5. The number of amides is 2. The maximum atomic E-state index is 11.6. The van der Waals surface area contributed by atoms with Crippen molar-refractivity contribution in [3.8, 4) is 0 Å². The van der Waals surface area contributed by atoms with Crippen LogP contribution in [0.25, 0.3) is 0 Å². The number of carbonyl (C=O) groups excluding carboxylic acids is 1. The summed E-state index contributed by atoms with van der Waals surface area (Å²) < 4.78 is 9.77. The van der Waals surface area contributed by atoms with E-state index in [-0.39, 0.29) is 6.04 Å². The van der Waals surface area contributed by atoms with Gasteiger partial charge in [0, 0.05) is 6.07 Å². The Morgan fingerprint density at radius 3 is 2.67 bits per heavy atom. The van der Waals surface area contributed by atoms with Crippen LogP contribution in [-0.4, -0.2) is 21.3 Å². The van der Waals surface area contributed by atoms with Crippen molar-refractivity contribution < 1.29 is 13.8 Å². The molecule has 0 unspecified atom stereocenters. The number of nitrogens with one attached hydrogen (secondary N) is 2. The summed E-state index contributed by atoms with van der Waals surface area (Å²) in [6.45, 7) is 5.18. The zero-order valence-electron chi connectivity index (χ0n) is 10.2. The number of nitrogens with zero attached hydrogens (tertiary/aromatic N) is 3. The minimum absolute atomic E-state index is 0.346. The van der Waals surface area contributed by atoms with E-state index in [1.165, 1.54) is 0 Å². The average molecular weight is 251 g/mol. The van der Waals surface area contributed by atoms with Crippen molar-refractivity contribution in [1.29, 1.82) is 0 Å². The van der Waals surface area contributed by atoms with E-state index in [0.29, 0.717) is 23.3 Å². The van der Waals surface area contributed by atoms with Crippen molar-refractivity contribution in [2.24, 2.45) is 0 Å². The maximum Gasteiger partial charge on any atom is 0.321 e. The Balaban J connectivity index is 1.91. The van der Waals surface area contributed by atoms with E-state index in [1.807, 2.05) is 0 Å². The SMILES string of the molecule is Cc1noc([C@H](C)NC(=O)Nc2cc(C)on2)n1. The number of aryl methyl sites for hydroxylation is 2. The Bertz CT molecular complexity index is 547. The van der Waals surface area contributed by atoms with Gasteiger partial charge in [-0.1, -0.05) is 10.3 Å². The maximum absolute atomic E-state index is 11.6. The third kappa shape index (κ3) is 2.84. The van der Waals surface area contributed by atoms with Crippen LogP contribution in [0.5, 0.6) is 0 Å². The summed E-state index contributed by atoms with van der Waals surface area (Å²) in [6.07, 6.45) is 0. The molecule has 0 aromatic carbocycles. The Kier molecular flexibility index (Phi) is 3.26. The van der Waals surface area contributed by atoms with Crippen molar-refractivity contribution in [2.75, 3.05) is 5.32 Å². The zero-order valence-corrected chi connectivity index (χ0v) is 10.2. The predicted octanol–water partition coefficient (Wildman–Crippen LogP) is 1.56. The van der Waals surface area contributed by atoms with Gasteiger partial charge in [0.05, 0.1) is 0 Å². The van der Waals surface area contributed by atoms with Gasteiger partial charge in [0.1, 0.15) is 11.8 Å². The van der Waals surface area contributed by atoms with Gasteiger partial charge in [0.15, 0.2) is 11.6 Å². The first-order chi connectivity index (χ1) is 8.54. The molecule has 0 aliphatic carbocycles. The van der Waals surface area contributed by atoms with Crippen LogP contribution in [0.1, 0.15) is 30.4 Å². The summed E-state index contributed by atoms with van der Waals surface area (Å²) in [7, 11) is 0. The van der Waals surface area contributed by atoms with Crippen molar-refractivity contribution in [2.45, 2.75) is 26.8 Å². The second-order valence-corrected chi connectivity index (χ2v) is 3.82. The number of hydrogen-bond acceptors (Lipinski definition) is 6. The van der Waals surface area contributed by atoms with E-state index in [0.717, 1.165) is 0 Å². The number of urea groups is 1. The molecule has 1 atom stereocenters. The molecular formula is C10H13N5O3. The molecule has 0 saturated carbocycles. The van der Waals surface area contributed by atoms with Crippen LogP contribution in [0, 0.1) is 13.8 Å². The smallest absolute Gasteiger partial charge is 0.321 e. The molecule has 8 nitrogen and oxygen atoms in total. The Labute approximate surface area is 103 Å². The van der Waals surface area contributed by atoms with Gasteiger partial charge in [-0.15, -0.1) is 0 Å². The summed E-state index contributed by atoms with van der Waals surface area (Å²) >= 11 is 0. The van der Waals surface area contributed by atoms with Crippen LogP contribution in [0.2, 0.25) is 0 Å². The molecule has 0 aliphatic rings. The second-order valence-electron chi connectivity index (χ2n) is 3.82. The fourth-order valence-corrected chi connectivity index (χ4v) is 1.33. The molecule has 0 fully saturated rings. The predicted molar refractivity (Wildman–Crippen MR) is 60.8 cm³/mol. The molecule has 2 aromatic rings. The van der Waals surface area contributed by atoms with Crippen LogP contribution < -0.4 is 10.6 Å². The monoisotopic (exact) mass is 251 g/mol. The Hall–Kier alpha value is -2.38. The van der Waals surface area contributed by atoms with Gasteiger partial charge in [0.2, 0.25) is 5.89 Å². The molecule has 8 heteroatoms.